The monoisotopic (exact) mass is 386 g/mol. The summed E-state index contributed by atoms with van der Waals surface area (Å²) in [6, 6.07) is 10.2. The van der Waals surface area contributed by atoms with Crippen molar-refractivity contribution in [1.82, 2.24) is 10.6 Å². The number of ether oxygens (including phenoxy) is 2. The molecule has 3 rings (SSSR count). The number of halogens is 1. The molecule has 0 spiro atoms. The van der Waals surface area contributed by atoms with Crippen LogP contribution >= 0.6 is 0 Å². The fourth-order valence-corrected chi connectivity index (χ4v) is 2.90. The minimum Gasteiger partial charge on any atom is -0.454 e. The molecule has 0 aliphatic carbocycles. The maximum absolute atomic E-state index is 13.0. The predicted octanol–water partition coefficient (Wildman–Crippen LogP) is 2.67. The lowest BCUT2D eigenvalue weighted by Crippen LogP contribution is -2.50. The molecule has 7 heteroatoms. The SMILES string of the molecule is CC(C)C(NC(=O)c1ccc(F)cc1)C(=O)NCCc1ccc2c(c1)OCO2. The molecular formula is C21H23FN2O4. The highest BCUT2D eigenvalue weighted by molar-refractivity contribution is 5.97. The smallest absolute Gasteiger partial charge is 0.251 e. The average Bonchev–Trinajstić information content (AvgIpc) is 3.14. The molecule has 2 aromatic carbocycles. The number of carbonyl (C=O) groups is 2. The molecule has 0 fully saturated rings. The van der Waals surface area contributed by atoms with Gasteiger partial charge in [0.2, 0.25) is 12.7 Å². The zero-order valence-corrected chi connectivity index (χ0v) is 15.8. The summed E-state index contributed by atoms with van der Waals surface area (Å²) in [5, 5.41) is 5.59. The summed E-state index contributed by atoms with van der Waals surface area (Å²) in [6.07, 6.45) is 0.624. The van der Waals surface area contributed by atoms with Gasteiger partial charge in [0.15, 0.2) is 11.5 Å². The summed E-state index contributed by atoms with van der Waals surface area (Å²) in [5.41, 5.74) is 1.32. The van der Waals surface area contributed by atoms with Crippen LogP contribution in [0.4, 0.5) is 4.39 Å². The second-order valence-corrected chi connectivity index (χ2v) is 6.93. The number of nitrogens with one attached hydrogen (secondary N) is 2. The number of benzene rings is 2. The average molecular weight is 386 g/mol. The van der Waals surface area contributed by atoms with Gasteiger partial charge in [0.1, 0.15) is 11.9 Å². The van der Waals surface area contributed by atoms with Gasteiger partial charge < -0.3 is 20.1 Å². The quantitative estimate of drug-likeness (QED) is 0.767. The lowest BCUT2D eigenvalue weighted by Gasteiger charge is -2.22. The normalized spacial score (nSPS) is 13.3. The van der Waals surface area contributed by atoms with Crippen LogP contribution in [-0.2, 0) is 11.2 Å². The van der Waals surface area contributed by atoms with Gasteiger partial charge in [-0.2, -0.15) is 0 Å². The zero-order chi connectivity index (χ0) is 20.1. The highest BCUT2D eigenvalue weighted by atomic mass is 19.1. The van der Waals surface area contributed by atoms with Crippen molar-refractivity contribution in [1.29, 1.82) is 0 Å². The first kappa shape index (κ1) is 19.7. The number of fused-ring (bicyclic) bond motifs is 1. The first-order valence-corrected chi connectivity index (χ1v) is 9.16. The summed E-state index contributed by atoms with van der Waals surface area (Å²) >= 11 is 0. The zero-order valence-electron chi connectivity index (χ0n) is 15.8. The minimum atomic E-state index is -0.686. The first-order valence-electron chi connectivity index (χ1n) is 9.16. The Morgan fingerprint density at radius 3 is 2.50 bits per heavy atom. The van der Waals surface area contributed by atoms with Crippen LogP contribution in [0.5, 0.6) is 11.5 Å². The highest BCUT2D eigenvalue weighted by Gasteiger charge is 2.24. The number of rotatable bonds is 7. The fraction of sp³-hybridized carbons (Fsp3) is 0.333. The van der Waals surface area contributed by atoms with Gasteiger partial charge in [0.05, 0.1) is 0 Å². The molecule has 1 aliphatic rings. The summed E-state index contributed by atoms with van der Waals surface area (Å²) in [5.74, 6) is 0.232. The molecule has 0 radical (unpaired) electrons. The van der Waals surface area contributed by atoms with Crippen molar-refractivity contribution in [2.45, 2.75) is 26.3 Å². The van der Waals surface area contributed by atoms with E-state index in [1.165, 1.54) is 24.3 Å². The molecule has 0 aromatic heterocycles. The second kappa shape index (κ2) is 8.73. The highest BCUT2D eigenvalue weighted by Crippen LogP contribution is 2.32. The maximum Gasteiger partial charge on any atom is 0.251 e. The van der Waals surface area contributed by atoms with E-state index in [1.807, 2.05) is 32.0 Å². The third-order valence-electron chi connectivity index (χ3n) is 4.49. The molecule has 6 nitrogen and oxygen atoms in total. The molecule has 1 unspecified atom stereocenters. The van der Waals surface area contributed by atoms with Crippen molar-refractivity contribution in [3.63, 3.8) is 0 Å². The molecule has 0 bridgehead atoms. The molecule has 1 aliphatic heterocycles. The van der Waals surface area contributed by atoms with Crippen molar-refractivity contribution < 1.29 is 23.5 Å². The molecule has 2 amide bonds. The van der Waals surface area contributed by atoms with Crippen LogP contribution in [0.15, 0.2) is 42.5 Å². The van der Waals surface area contributed by atoms with Gasteiger partial charge in [0.25, 0.3) is 5.91 Å². The van der Waals surface area contributed by atoms with Crippen molar-refractivity contribution in [2.75, 3.05) is 13.3 Å². The Bertz CT molecular complexity index is 852. The van der Waals surface area contributed by atoms with E-state index in [-0.39, 0.29) is 18.6 Å². The predicted molar refractivity (Wildman–Crippen MR) is 102 cm³/mol. The minimum absolute atomic E-state index is 0.102. The van der Waals surface area contributed by atoms with Crippen LogP contribution in [0.2, 0.25) is 0 Å². The van der Waals surface area contributed by atoms with Gasteiger partial charge >= 0.3 is 0 Å². The van der Waals surface area contributed by atoms with Gasteiger partial charge in [-0.05, 0) is 54.3 Å². The fourth-order valence-electron chi connectivity index (χ4n) is 2.90. The van der Waals surface area contributed by atoms with Crippen LogP contribution in [-0.4, -0.2) is 31.2 Å². The van der Waals surface area contributed by atoms with Crippen LogP contribution in [0, 0.1) is 11.7 Å². The third-order valence-corrected chi connectivity index (χ3v) is 4.49. The lowest BCUT2D eigenvalue weighted by molar-refractivity contribution is -0.123. The number of hydrogen-bond donors (Lipinski definition) is 2. The number of carbonyl (C=O) groups excluding carboxylic acids is 2. The van der Waals surface area contributed by atoms with Crippen LogP contribution < -0.4 is 20.1 Å². The largest absolute Gasteiger partial charge is 0.454 e. The Morgan fingerprint density at radius 1 is 1.07 bits per heavy atom. The van der Waals surface area contributed by atoms with E-state index in [0.717, 1.165) is 11.3 Å². The molecule has 148 valence electrons. The standard InChI is InChI=1S/C21H23FN2O4/c1-13(2)19(24-20(25)15-4-6-16(22)7-5-15)21(26)23-10-9-14-3-8-17-18(11-14)28-12-27-17/h3-8,11,13,19H,9-10,12H2,1-2H3,(H,23,26)(H,24,25). The first-order chi connectivity index (χ1) is 13.4. The van der Waals surface area contributed by atoms with E-state index in [1.54, 1.807) is 0 Å². The topological polar surface area (TPSA) is 76.7 Å². The second-order valence-electron chi connectivity index (χ2n) is 6.93. The van der Waals surface area contributed by atoms with Crippen molar-refractivity contribution in [3.8, 4) is 11.5 Å². The van der Waals surface area contributed by atoms with Crippen LogP contribution in [0.1, 0.15) is 29.8 Å². The van der Waals surface area contributed by atoms with Crippen molar-refractivity contribution in [2.24, 2.45) is 5.92 Å². The van der Waals surface area contributed by atoms with E-state index in [4.69, 9.17) is 9.47 Å². The number of amides is 2. The van der Waals surface area contributed by atoms with E-state index >= 15 is 0 Å². The summed E-state index contributed by atoms with van der Waals surface area (Å²) in [4.78, 5) is 24.9. The summed E-state index contributed by atoms with van der Waals surface area (Å²) < 4.78 is 23.6. The summed E-state index contributed by atoms with van der Waals surface area (Å²) in [6.45, 7) is 4.35. The van der Waals surface area contributed by atoms with Gasteiger partial charge in [-0.15, -0.1) is 0 Å². The van der Waals surface area contributed by atoms with Crippen molar-refractivity contribution >= 4 is 11.8 Å². The molecule has 28 heavy (non-hydrogen) atoms. The van der Waals surface area contributed by atoms with Gasteiger partial charge in [-0.25, -0.2) is 4.39 Å². The summed E-state index contributed by atoms with van der Waals surface area (Å²) in [7, 11) is 0. The molecule has 0 saturated heterocycles. The number of hydrogen-bond acceptors (Lipinski definition) is 4. The molecule has 2 aromatic rings. The Hall–Kier alpha value is -3.09. The Balaban J connectivity index is 1.54. The Kier molecular flexibility index (Phi) is 6.13. The molecular weight excluding hydrogens is 363 g/mol. The maximum atomic E-state index is 13.0. The van der Waals surface area contributed by atoms with Crippen molar-refractivity contribution in [3.05, 3.63) is 59.4 Å². The van der Waals surface area contributed by atoms with Gasteiger partial charge in [0, 0.05) is 12.1 Å². The van der Waals surface area contributed by atoms with E-state index in [2.05, 4.69) is 10.6 Å². The van der Waals surface area contributed by atoms with E-state index in [9.17, 15) is 14.0 Å². The molecule has 0 saturated carbocycles. The van der Waals surface area contributed by atoms with E-state index < -0.39 is 17.8 Å². The van der Waals surface area contributed by atoms with E-state index in [0.29, 0.717) is 24.3 Å². The molecule has 1 heterocycles. The Labute approximate surface area is 163 Å². The van der Waals surface area contributed by atoms with Crippen LogP contribution in [0.3, 0.4) is 0 Å². The van der Waals surface area contributed by atoms with Crippen LogP contribution in [0.25, 0.3) is 0 Å². The molecule has 2 N–H and O–H groups in total. The lowest BCUT2D eigenvalue weighted by atomic mass is 10.0. The van der Waals surface area contributed by atoms with Gasteiger partial charge in [-0.1, -0.05) is 19.9 Å². The Morgan fingerprint density at radius 2 is 1.79 bits per heavy atom. The molecule has 1 atom stereocenters. The van der Waals surface area contributed by atoms with Gasteiger partial charge in [-0.3, -0.25) is 9.59 Å². The third kappa shape index (κ3) is 4.79.